The Bertz CT molecular complexity index is 105. The van der Waals surface area contributed by atoms with Crippen molar-refractivity contribution < 1.29 is 0 Å². The lowest BCUT2D eigenvalue weighted by molar-refractivity contribution is 0.802. The molecule has 0 rings (SSSR count). The average Bonchev–Trinajstić information content (AvgIpc) is 2.03. The van der Waals surface area contributed by atoms with E-state index in [1.54, 1.807) is 5.57 Å². The van der Waals surface area contributed by atoms with Crippen molar-refractivity contribution >= 4 is 12.6 Å². The molecular formula is C10H20S. The van der Waals surface area contributed by atoms with Crippen molar-refractivity contribution in [2.75, 3.05) is 5.75 Å². The summed E-state index contributed by atoms with van der Waals surface area (Å²) in [4.78, 5) is 0. The predicted molar refractivity (Wildman–Crippen MR) is 56.4 cm³/mol. The molecule has 0 nitrogen and oxygen atoms in total. The summed E-state index contributed by atoms with van der Waals surface area (Å²) in [5.41, 5.74) is 1.58. The first kappa shape index (κ1) is 11.1. The molecule has 0 radical (unpaired) electrons. The molecule has 0 aliphatic rings. The van der Waals surface area contributed by atoms with Crippen LogP contribution in [-0.2, 0) is 0 Å². The van der Waals surface area contributed by atoms with Crippen LogP contribution in [0.5, 0.6) is 0 Å². The first-order valence-corrected chi connectivity index (χ1v) is 5.27. The Morgan fingerprint density at radius 3 is 2.55 bits per heavy atom. The molecule has 66 valence electrons. The fourth-order valence-electron chi connectivity index (χ4n) is 1.08. The molecule has 11 heavy (non-hydrogen) atoms. The minimum Gasteiger partial charge on any atom is -0.179 e. The van der Waals surface area contributed by atoms with E-state index in [1.807, 2.05) is 0 Å². The summed E-state index contributed by atoms with van der Waals surface area (Å²) in [6.45, 7) is 4.46. The van der Waals surface area contributed by atoms with E-state index in [0.717, 1.165) is 5.75 Å². The summed E-state index contributed by atoms with van der Waals surface area (Å²) in [7, 11) is 0. The first-order valence-electron chi connectivity index (χ1n) is 4.63. The molecule has 0 fully saturated rings. The van der Waals surface area contributed by atoms with Crippen LogP contribution in [0.2, 0.25) is 0 Å². The largest absolute Gasteiger partial charge is 0.179 e. The molecule has 0 spiro atoms. The highest BCUT2D eigenvalue weighted by molar-refractivity contribution is 7.80. The van der Waals surface area contributed by atoms with Crippen LogP contribution < -0.4 is 0 Å². The maximum atomic E-state index is 4.22. The van der Waals surface area contributed by atoms with Gasteiger partial charge in [-0.15, -0.1) is 0 Å². The van der Waals surface area contributed by atoms with Crippen molar-refractivity contribution in [2.24, 2.45) is 0 Å². The van der Waals surface area contributed by atoms with Crippen LogP contribution >= 0.6 is 12.6 Å². The second-order valence-electron chi connectivity index (χ2n) is 2.83. The zero-order valence-corrected chi connectivity index (χ0v) is 8.66. The molecule has 0 atom stereocenters. The van der Waals surface area contributed by atoms with Crippen molar-refractivity contribution in [3.63, 3.8) is 0 Å². The molecule has 0 heterocycles. The molecule has 0 amide bonds. The number of rotatable bonds is 6. The zero-order valence-electron chi connectivity index (χ0n) is 7.77. The number of allylic oxidation sites excluding steroid dienone is 2. The van der Waals surface area contributed by atoms with Gasteiger partial charge in [0.1, 0.15) is 0 Å². The van der Waals surface area contributed by atoms with E-state index in [4.69, 9.17) is 0 Å². The van der Waals surface area contributed by atoms with Gasteiger partial charge in [0.25, 0.3) is 0 Å². The van der Waals surface area contributed by atoms with Gasteiger partial charge in [-0.25, -0.2) is 0 Å². The molecule has 0 aliphatic carbocycles. The Kier molecular flexibility index (Phi) is 8.26. The number of hydrogen-bond donors (Lipinski definition) is 1. The quantitative estimate of drug-likeness (QED) is 0.351. The van der Waals surface area contributed by atoms with Gasteiger partial charge < -0.3 is 0 Å². The van der Waals surface area contributed by atoms with Crippen molar-refractivity contribution in [2.45, 2.75) is 46.0 Å². The zero-order chi connectivity index (χ0) is 8.53. The third-order valence-electron chi connectivity index (χ3n) is 1.88. The van der Waals surface area contributed by atoms with Gasteiger partial charge in [0.15, 0.2) is 0 Å². The summed E-state index contributed by atoms with van der Waals surface area (Å²) in [6.07, 6.45) is 8.64. The summed E-state index contributed by atoms with van der Waals surface area (Å²) in [5.74, 6) is 0.992. The van der Waals surface area contributed by atoms with Gasteiger partial charge >= 0.3 is 0 Å². The van der Waals surface area contributed by atoms with E-state index in [1.165, 1.54) is 32.1 Å². The van der Waals surface area contributed by atoms with Crippen LogP contribution in [-0.4, -0.2) is 5.75 Å². The highest BCUT2D eigenvalue weighted by Crippen LogP contribution is 2.09. The van der Waals surface area contributed by atoms with E-state index in [2.05, 4.69) is 32.6 Å². The molecular weight excluding hydrogens is 152 g/mol. The lowest BCUT2D eigenvalue weighted by Crippen LogP contribution is -1.83. The van der Waals surface area contributed by atoms with Crippen LogP contribution in [0.3, 0.4) is 0 Å². The highest BCUT2D eigenvalue weighted by Gasteiger charge is 1.91. The Hall–Kier alpha value is 0.0900. The molecule has 0 aromatic heterocycles. The second kappa shape index (κ2) is 8.19. The molecule has 0 aromatic rings. The second-order valence-corrected chi connectivity index (χ2v) is 3.28. The molecule has 0 unspecified atom stereocenters. The van der Waals surface area contributed by atoms with Crippen molar-refractivity contribution in [3.05, 3.63) is 11.6 Å². The molecule has 0 saturated heterocycles. The van der Waals surface area contributed by atoms with Crippen LogP contribution in [0.4, 0.5) is 0 Å². The molecule has 0 N–H and O–H groups in total. The maximum absolute atomic E-state index is 4.22. The molecule has 0 bridgehead atoms. The van der Waals surface area contributed by atoms with E-state index in [9.17, 15) is 0 Å². The minimum atomic E-state index is 0.992. The predicted octanol–water partition coefficient (Wildman–Crippen LogP) is 3.83. The van der Waals surface area contributed by atoms with Crippen LogP contribution in [0.15, 0.2) is 11.6 Å². The summed E-state index contributed by atoms with van der Waals surface area (Å²) < 4.78 is 0. The van der Waals surface area contributed by atoms with Crippen molar-refractivity contribution in [1.82, 2.24) is 0 Å². The first-order chi connectivity index (χ1) is 5.35. The standard InChI is InChI=1S/C10H20S/c1-3-5-6-7-10(4-2)8-9-11/h7,11H,3-6,8-9H2,1-2H3/b10-7+. The Balaban J connectivity index is 3.52. The highest BCUT2D eigenvalue weighted by atomic mass is 32.1. The normalized spacial score (nSPS) is 12.1. The number of unbranched alkanes of at least 4 members (excludes halogenated alkanes) is 2. The summed E-state index contributed by atoms with van der Waals surface area (Å²) in [5, 5.41) is 0. The van der Waals surface area contributed by atoms with Gasteiger partial charge in [-0.3, -0.25) is 0 Å². The number of thiol groups is 1. The minimum absolute atomic E-state index is 0.992. The smallest absolute Gasteiger partial charge is 0.00606 e. The van der Waals surface area contributed by atoms with Crippen LogP contribution in [0.25, 0.3) is 0 Å². The van der Waals surface area contributed by atoms with Gasteiger partial charge in [0, 0.05) is 0 Å². The van der Waals surface area contributed by atoms with E-state index < -0.39 is 0 Å². The lowest BCUT2D eigenvalue weighted by atomic mass is 10.1. The van der Waals surface area contributed by atoms with Crippen LogP contribution in [0, 0.1) is 0 Å². The average molecular weight is 172 g/mol. The number of hydrogen-bond acceptors (Lipinski definition) is 1. The third-order valence-corrected chi connectivity index (χ3v) is 2.10. The Labute approximate surface area is 76.5 Å². The van der Waals surface area contributed by atoms with Gasteiger partial charge in [0.05, 0.1) is 0 Å². The monoisotopic (exact) mass is 172 g/mol. The van der Waals surface area contributed by atoms with Gasteiger partial charge in [-0.1, -0.05) is 38.3 Å². The summed E-state index contributed by atoms with van der Waals surface area (Å²) >= 11 is 4.22. The lowest BCUT2D eigenvalue weighted by Gasteiger charge is -2.00. The maximum Gasteiger partial charge on any atom is -0.00606 e. The summed E-state index contributed by atoms with van der Waals surface area (Å²) in [6, 6.07) is 0. The van der Waals surface area contributed by atoms with E-state index >= 15 is 0 Å². The fourth-order valence-corrected chi connectivity index (χ4v) is 1.36. The molecule has 0 aromatic carbocycles. The Morgan fingerprint density at radius 2 is 2.09 bits per heavy atom. The molecule has 0 aliphatic heterocycles. The third kappa shape index (κ3) is 6.49. The van der Waals surface area contributed by atoms with E-state index in [0.29, 0.717) is 0 Å². The molecule has 1 heteroatoms. The van der Waals surface area contributed by atoms with E-state index in [-0.39, 0.29) is 0 Å². The Morgan fingerprint density at radius 1 is 1.36 bits per heavy atom. The fraction of sp³-hybridized carbons (Fsp3) is 0.800. The SMILES string of the molecule is CCCC/C=C(\CC)CCS. The van der Waals surface area contributed by atoms with Gasteiger partial charge in [-0.05, 0) is 25.0 Å². The van der Waals surface area contributed by atoms with Crippen molar-refractivity contribution in [3.8, 4) is 0 Å². The van der Waals surface area contributed by atoms with Crippen LogP contribution in [0.1, 0.15) is 46.0 Å². The topological polar surface area (TPSA) is 0 Å². The van der Waals surface area contributed by atoms with Crippen molar-refractivity contribution in [1.29, 1.82) is 0 Å². The molecule has 0 saturated carbocycles. The van der Waals surface area contributed by atoms with Gasteiger partial charge in [0.2, 0.25) is 0 Å². The van der Waals surface area contributed by atoms with Gasteiger partial charge in [-0.2, -0.15) is 12.6 Å².